The highest BCUT2D eigenvalue weighted by Crippen LogP contribution is 2.38. The van der Waals surface area contributed by atoms with E-state index in [4.69, 9.17) is 4.99 Å². The van der Waals surface area contributed by atoms with E-state index in [0.29, 0.717) is 12.1 Å². The third kappa shape index (κ3) is 4.87. The maximum atomic E-state index is 13.5. The Morgan fingerprint density at radius 3 is 2.16 bits per heavy atom. The maximum Gasteiger partial charge on any atom is 0.266 e. The molecule has 2 aliphatic heterocycles. The number of carbonyl (C=O) groups is 1. The second kappa shape index (κ2) is 9.81. The minimum atomic E-state index is 0.176. The first-order valence-electron chi connectivity index (χ1n) is 12.4. The van der Waals surface area contributed by atoms with Crippen molar-refractivity contribution < 1.29 is 4.79 Å². The summed E-state index contributed by atoms with van der Waals surface area (Å²) in [5.41, 5.74) is 2.41. The van der Waals surface area contributed by atoms with Crippen LogP contribution < -0.4 is 4.90 Å². The van der Waals surface area contributed by atoms with Crippen LogP contribution in [0.4, 0.5) is 5.69 Å². The third-order valence-electron chi connectivity index (χ3n) is 7.31. The molecule has 1 aromatic carbocycles. The highest BCUT2D eigenvalue weighted by atomic mass is 32.2. The van der Waals surface area contributed by atoms with E-state index >= 15 is 0 Å². The van der Waals surface area contributed by atoms with Crippen LogP contribution in [0, 0.1) is 0 Å². The predicted molar refractivity (Wildman–Crippen MR) is 131 cm³/mol. The lowest BCUT2D eigenvalue weighted by molar-refractivity contribution is -0.124. The molecule has 0 atom stereocenters. The van der Waals surface area contributed by atoms with E-state index in [1.807, 2.05) is 0 Å². The van der Waals surface area contributed by atoms with Crippen molar-refractivity contribution in [3.63, 3.8) is 0 Å². The normalized spacial score (nSPS) is 26.5. The SMILES string of the molecule is O=C1C(=Cc2ccc(N3CCCC3)cc2)SC(=NC2CCCCC2)N1C1CCCCC1. The smallest absolute Gasteiger partial charge is 0.266 e. The Bertz CT molecular complexity index is 829. The molecule has 0 aromatic heterocycles. The van der Waals surface area contributed by atoms with Gasteiger partial charge in [0, 0.05) is 24.8 Å². The Morgan fingerprint density at radius 1 is 0.839 bits per heavy atom. The van der Waals surface area contributed by atoms with Crippen LogP contribution in [0.1, 0.15) is 82.6 Å². The monoisotopic (exact) mass is 437 g/mol. The minimum Gasteiger partial charge on any atom is -0.372 e. The van der Waals surface area contributed by atoms with Gasteiger partial charge in [0.2, 0.25) is 0 Å². The van der Waals surface area contributed by atoms with Crippen molar-refractivity contribution in [2.75, 3.05) is 18.0 Å². The largest absolute Gasteiger partial charge is 0.372 e. The molecule has 0 bridgehead atoms. The molecule has 2 heterocycles. The van der Waals surface area contributed by atoms with Crippen LogP contribution >= 0.6 is 11.8 Å². The van der Waals surface area contributed by atoms with Crippen LogP contribution in [0.2, 0.25) is 0 Å². The zero-order chi connectivity index (χ0) is 21.0. The van der Waals surface area contributed by atoms with Crippen molar-refractivity contribution in [3.8, 4) is 0 Å². The topological polar surface area (TPSA) is 35.9 Å². The summed E-state index contributed by atoms with van der Waals surface area (Å²) in [6.45, 7) is 2.32. The lowest BCUT2D eigenvalue weighted by Crippen LogP contribution is -2.41. The number of amides is 1. The molecule has 2 aliphatic carbocycles. The third-order valence-corrected chi connectivity index (χ3v) is 8.30. The number of hydrogen-bond acceptors (Lipinski definition) is 4. The van der Waals surface area contributed by atoms with E-state index in [-0.39, 0.29) is 5.91 Å². The lowest BCUT2D eigenvalue weighted by atomic mass is 9.94. The van der Waals surface area contributed by atoms with Gasteiger partial charge in [-0.25, -0.2) is 0 Å². The molecule has 31 heavy (non-hydrogen) atoms. The molecular formula is C26H35N3OS. The van der Waals surface area contributed by atoms with Crippen LogP contribution in [-0.2, 0) is 4.79 Å². The summed E-state index contributed by atoms with van der Waals surface area (Å²) in [5, 5.41) is 0.976. The van der Waals surface area contributed by atoms with Gasteiger partial charge in [-0.3, -0.25) is 14.7 Å². The molecule has 166 valence electrons. The average Bonchev–Trinajstić information content (AvgIpc) is 3.45. The van der Waals surface area contributed by atoms with Gasteiger partial charge in [-0.05, 0) is 74.1 Å². The quantitative estimate of drug-likeness (QED) is 0.524. The van der Waals surface area contributed by atoms with Crippen LogP contribution in [0.5, 0.6) is 0 Å². The van der Waals surface area contributed by atoms with Gasteiger partial charge in [0.05, 0.1) is 10.9 Å². The van der Waals surface area contributed by atoms with E-state index in [1.54, 1.807) is 11.8 Å². The molecule has 0 radical (unpaired) electrons. The molecule has 4 nitrogen and oxygen atoms in total. The number of rotatable bonds is 4. The van der Waals surface area contributed by atoms with Gasteiger partial charge in [0.15, 0.2) is 5.17 Å². The van der Waals surface area contributed by atoms with E-state index in [2.05, 4.69) is 40.1 Å². The van der Waals surface area contributed by atoms with Crippen LogP contribution in [0.3, 0.4) is 0 Å². The number of nitrogens with zero attached hydrogens (tertiary/aromatic N) is 3. The molecule has 5 heteroatoms. The fourth-order valence-corrected chi connectivity index (χ4v) is 6.62. The Morgan fingerprint density at radius 2 is 1.48 bits per heavy atom. The molecule has 4 aliphatic rings. The molecule has 5 rings (SSSR count). The van der Waals surface area contributed by atoms with Gasteiger partial charge in [-0.1, -0.05) is 50.7 Å². The number of carbonyl (C=O) groups excluding carboxylic acids is 1. The summed E-state index contributed by atoms with van der Waals surface area (Å²) in [6, 6.07) is 9.47. The zero-order valence-corrected chi connectivity index (χ0v) is 19.4. The van der Waals surface area contributed by atoms with E-state index in [0.717, 1.165) is 41.6 Å². The van der Waals surface area contributed by atoms with E-state index in [9.17, 15) is 4.79 Å². The van der Waals surface area contributed by atoms with Gasteiger partial charge in [-0.15, -0.1) is 0 Å². The summed E-state index contributed by atoms with van der Waals surface area (Å²) in [6.07, 6.45) is 16.9. The Kier molecular flexibility index (Phi) is 6.68. The van der Waals surface area contributed by atoms with Crippen molar-refractivity contribution in [2.24, 2.45) is 4.99 Å². The van der Waals surface area contributed by atoms with Gasteiger partial charge in [-0.2, -0.15) is 0 Å². The zero-order valence-electron chi connectivity index (χ0n) is 18.6. The number of benzene rings is 1. The summed E-state index contributed by atoms with van der Waals surface area (Å²) in [5.74, 6) is 0.176. The number of thioether (sulfide) groups is 1. The standard InChI is InChI=1S/C26H35N3OS/c30-25-24(19-20-13-15-22(16-14-20)28-17-7-8-18-28)31-26(27-21-9-3-1-4-10-21)29(25)23-11-5-2-6-12-23/h13-16,19,21,23H,1-12,17-18H2. The van der Waals surface area contributed by atoms with Crippen LogP contribution in [0.25, 0.3) is 6.08 Å². The summed E-state index contributed by atoms with van der Waals surface area (Å²) >= 11 is 1.62. The lowest BCUT2D eigenvalue weighted by Gasteiger charge is -2.31. The van der Waals surface area contributed by atoms with Gasteiger partial charge in [0.25, 0.3) is 5.91 Å². The molecule has 0 N–H and O–H groups in total. The first-order chi connectivity index (χ1) is 15.3. The first kappa shape index (κ1) is 21.1. The van der Waals surface area contributed by atoms with Gasteiger partial charge < -0.3 is 4.90 Å². The summed E-state index contributed by atoms with van der Waals surface area (Å²) in [4.78, 5) is 24.0. The molecule has 0 spiro atoms. The molecule has 1 amide bonds. The van der Waals surface area contributed by atoms with Gasteiger partial charge in [0.1, 0.15) is 0 Å². The fraction of sp³-hybridized carbons (Fsp3) is 0.615. The summed E-state index contributed by atoms with van der Waals surface area (Å²) in [7, 11) is 0. The van der Waals surface area contributed by atoms with Crippen LogP contribution in [0.15, 0.2) is 34.2 Å². The molecule has 2 saturated heterocycles. The van der Waals surface area contributed by atoms with Crippen molar-refractivity contribution in [2.45, 2.75) is 89.1 Å². The number of amidine groups is 1. The van der Waals surface area contributed by atoms with Crippen molar-refractivity contribution in [3.05, 3.63) is 34.7 Å². The number of hydrogen-bond donors (Lipinski definition) is 0. The number of anilines is 1. The maximum absolute atomic E-state index is 13.5. The van der Waals surface area contributed by atoms with Crippen molar-refractivity contribution >= 4 is 34.6 Å². The summed E-state index contributed by atoms with van der Waals surface area (Å²) < 4.78 is 0. The Hall–Kier alpha value is -1.75. The molecular weight excluding hydrogens is 402 g/mol. The van der Waals surface area contributed by atoms with E-state index in [1.165, 1.54) is 69.9 Å². The highest BCUT2D eigenvalue weighted by Gasteiger charge is 2.39. The molecule has 1 aromatic rings. The molecule has 2 saturated carbocycles. The second-order valence-electron chi connectivity index (χ2n) is 9.57. The highest BCUT2D eigenvalue weighted by molar-refractivity contribution is 8.18. The fourth-order valence-electron chi connectivity index (χ4n) is 5.51. The second-order valence-corrected chi connectivity index (χ2v) is 10.6. The average molecular weight is 438 g/mol. The molecule has 0 unspecified atom stereocenters. The van der Waals surface area contributed by atoms with E-state index < -0.39 is 0 Å². The van der Waals surface area contributed by atoms with Crippen LogP contribution in [-0.4, -0.2) is 41.1 Å². The van der Waals surface area contributed by atoms with Crippen molar-refractivity contribution in [1.82, 2.24) is 4.90 Å². The predicted octanol–water partition coefficient (Wildman–Crippen LogP) is 6.22. The molecule has 4 fully saturated rings. The Balaban J connectivity index is 1.38. The van der Waals surface area contributed by atoms with Gasteiger partial charge >= 0.3 is 0 Å². The minimum absolute atomic E-state index is 0.176. The number of aliphatic imine (C=N–C) groups is 1. The Labute approximate surface area is 191 Å². The van der Waals surface area contributed by atoms with Crippen molar-refractivity contribution in [1.29, 1.82) is 0 Å². The first-order valence-corrected chi connectivity index (χ1v) is 13.3.